The molecule has 0 amide bonds. The molecule has 0 saturated carbocycles. The molecule has 0 atom stereocenters. The Bertz CT molecular complexity index is 471. The van der Waals surface area contributed by atoms with Gasteiger partial charge in [-0.1, -0.05) is 0 Å². The lowest BCUT2D eigenvalue weighted by molar-refractivity contribution is 0.377. The van der Waals surface area contributed by atoms with E-state index in [2.05, 4.69) is 10.4 Å². The summed E-state index contributed by atoms with van der Waals surface area (Å²) in [5, 5.41) is 3.07. The third-order valence-electron chi connectivity index (χ3n) is 2.34. The SMILES string of the molecule is COc1cc(OC)c(-c2[c]scn2)c(OC)c1. The van der Waals surface area contributed by atoms with E-state index >= 15 is 0 Å². The number of aromatic nitrogens is 1. The van der Waals surface area contributed by atoms with Gasteiger partial charge in [-0.3, -0.25) is 0 Å². The van der Waals surface area contributed by atoms with Crippen molar-refractivity contribution in [3.8, 4) is 28.5 Å². The van der Waals surface area contributed by atoms with Crippen LogP contribution in [0.1, 0.15) is 0 Å². The summed E-state index contributed by atoms with van der Waals surface area (Å²) in [7, 11) is 4.80. The van der Waals surface area contributed by atoms with E-state index in [1.54, 1.807) is 39.0 Å². The molecule has 0 spiro atoms. The number of thiazole rings is 1. The minimum atomic E-state index is 0.656. The van der Waals surface area contributed by atoms with Gasteiger partial charge >= 0.3 is 0 Å². The number of hydrogen-bond donors (Lipinski definition) is 0. The van der Waals surface area contributed by atoms with Crippen LogP contribution in [0.3, 0.4) is 0 Å². The first-order chi connectivity index (χ1) is 8.30. The second-order valence-electron chi connectivity index (χ2n) is 3.21. The van der Waals surface area contributed by atoms with Crippen LogP contribution >= 0.6 is 11.3 Å². The normalized spacial score (nSPS) is 10.1. The van der Waals surface area contributed by atoms with Crippen LogP contribution in [0.4, 0.5) is 0 Å². The third kappa shape index (κ3) is 2.19. The van der Waals surface area contributed by atoms with Gasteiger partial charge in [0.2, 0.25) is 0 Å². The number of nitrogens with zero attached hydrogens (tertiary/aromatic N) is 1. The number of hydrogen-bond acceptors (Lipinski definition) is 5. The zero-order valence-electron chi connectivity index (χ0n) is 9.81. The van der Waals surface area contributed by atoms with Gasteiger partial charge in [0.25, 0.3) is 0 Å². The van der Waals surface area contributed by atoms with Gasteiger partial charge < -0.3 is 14.2 Å². The Morgan fingerprint density at radius 1 is 1.06 bits per heavy atom. The van der Waals surface area contributed by atoms with Crippen LogP contribution in [-0.2, 0) is 0 Å². The minimum absolute atomic E-state index is 0.656. The standard InChI is InChI=1S/C12H12NO3S/c1-14-8-4-10(15-2)12(11(5-8)16-3)9-6-17-7-13-9/h4-5,7H,1-3H3. The summed E-state index contributed by atoms with van der Waals surface area (Å²) >= 11 is 1.40. The van der Waals surface area contributed by atoms with E-state index in [0.29, 0.717) is 22.9 Å². The first-order valence-corrected chi connectivity index (χ1v) is 5.79. The molecule has 0 aliphatic rings. The molecule has 0 saturated heterocycles. The topological polar surface area (TPSA) is 40.6 Å². The molecular formula is C12H12NO3S. The fourth-order valence-corrected chi connectivity index (χ4v) is 2.02. The largest absolute Gasteiger partial charge is 0.496 e. The van der Waals surface area contributed by atoms with Gasteiger partial charge in [0, 0.05) is 12.1 Å². The summed E-state index contributed by atoms with van der Waals surface area (Å²) in [6.45, 7) is 0. The van der Waals surface area contributed by atoms with Gasteiger partial charge in [-0.2, -0.15) is 0 Å². The molecule has 0 aliphatic carbocycles. The summed E-state index contributed by atoms with van der Waals surface area (Å²) in [6, 6.07) is 3.59. The quantitative estimate of drug-likeness (QED) is 0.836. The number of benzene rings is 1. The van der Waals surface area contributed by atoms with E-state index in [4.69, 9.17) is 14.2 Å². The van der Waals surface area contributed by atoms with Gasteiger partial charge in [0.1, 0.15) is 17.2 Å². The molecule has 1 aromatic heterocycles. The maximum Gasteiger partial charge on any atom is 0.135 e. The second kappa shape index (κ2) is 5.05. The van der Waals surface area contributed by atoms with Crippen molar-refractivity contribution in [3.05, 3.63) is 23.0 Å². The molecule has 5 heteroatoms. The molecule has 0 bridgehead atoms. The Kier molecular flexibility index (Phi) is 3.49. The zero-order valence-corrected chi connectivity index (χ0v) is 10.6. The number of ether oxygens (including phenoxy) is 3. The Hall–Kier alpha value is -1.75. The monoisotopic (exact) mass is 250 g/mol. The van der Waals surface area contributed by atoms with Crippen molar-refractivity contribution in [1.82, 2.24) is 4.98 Å². The van der Waals surface area contributed by atoms with E-state index < -0.39 is 0 Å². The van der Waals surface area contributed by atoms with Crippen molar-refractivity contribution < 1.29 is 14.2 Å². The van der Waals surface area contributed by atoms with Crippen LogP contribution in [0, 0.1) is 5.38 Å². The minimum Gasteiger partial charge on any atom is -0.496 e. The summed E-state index contributed by atoms with van der Waals surface area (Å²) in [5.74, 6) is 1.99. The molecule has 1 heterocycles. The molecule has 2 aromatic rings. The number of methoxy groups -OCH3 is 3. The number of rotatable bonds is 4. The highest BCUT2D eigenvalue weighted by molar-refractivity contribution is 7.07. The van der Waals surface area contributed by atoms with Crippen molar-refractivity contribution in [3.63, 3.8) is 0 Å². The molecule has 0 N–H and O–H groups in total. The van der Waals surface area contributed by atoms with Crippen LogP contribution in [0.2, 0.25) is 0 Å². The Morgan fingerprint density at radius 3 is 2.12 bits per heavy atom. The average Bonchev–Trinajstić information content (AvgIpc) is 2.90. The highest BCUT2D eigenvalue weighted by Crippen LogP contribution is 2.41. The van der Waals surface area contributed by atoms with E-state index in [1.165, 1.54) is 11.3 Å². The first kappa shape index (κ1) is 11.7. The fourth-order valence-electron chi connectivity index (χ4n) is 1.54. The van der Waals surface area contributed by atoms with Gasteiger partial charge in [-0.15, -0.1) is 11.3 Å². The van der Waals surface area contributed by atoms with Gasteiger partial charge in [0.15, 0.2) is 0 Å². The molecule has 0 unspecified atom stereocenters. The molecule has 17 heavy (non-hydrogen) atoms. The highest BCUT2D eigenvalue weighted by Gasteiger charge is 2.16. The lowest BCUT2D eigenvalue weighted by atomic mass is 10.1. The lowest BCUT2D eigenvalue weighted by Crippen LogP contribution is -1.95. The van der Waals surface area contributed by atoms with Crippen LogP contribution in [-0.4, -0.2) is 26.3 Å². The van der Waals surface area contributed by atoms with Gasteiger partial charge in [-0.25, -0.2) is 4.98 Å². The van der Waals surface area contributed by atoms with Crippen LogP contribution in [0.15, 0.2) is 17.6 Å². The summed E-state index contributed by atoms with van der Waals surface area (Å²) < 4.78 is 15.9. The predicted octanol–water partition coefficient (Wildman–Crippen LogP) is 2.64. The summed E-state index contributed by atoms with van der Waals surface area (Å²) in [6.07, 6.45) is 0. The fraction of sp³-hybridized carbons (Fsp3) is 0.250. The molecule has 89 valence electrons. The van der Waals surface area contributed by atoms with Gasteiger partial charge in [-0.05, 0) is 0 Å². The molecule has 1 aromatic carbocycles. The smallest absolute Gasteiger partial charge is 0.135 e. The molecule has 4 nitrogen and oxygen atoms in total. The Labute approximate surface area is 104 Å². The molecule has 2 rings (SSSR count). The summed E-state index contributed by atoms with van der Waals surface area (Å²) in [5.41, 5.74) is 3.22. The van der Waals surface area contributed by atoms with E-state index in [-0.39, 0.29) is 0 Å². The van der Waals surface area contributed by atoms with Crippen molar-refractivity contribution >= 4 is 11.3 Å². The van der Waals surface area contributed by atoms with Crippen molar-refractivity contribution in [2.45, 2.75) is 0 Å². The molecular weight excluding hydrogens is 238 g/mol. The van der Waals surface area contributed by atoms with Crippen molar-refractivity contribution in [2.24, 2.45) is 0 Å². The highest BCUT2D eigenvalue weighted by atomic mass is 32.1. The van der Waals surface area contributed by atoms with Crippen molar-refractivity contribution in [2.75, 3.05) is 21.3 Å². The molecule has 0 fully saturated rings. The second-order valence-corrected chi connectivity index (χ2v) is 3.86. The van der Waals surface area contributed by atoms with E-state index in [9.17, 15) is 0 Å². The Morgan fingerprint density at radius 2 is 1.71 bits per heavy atom. The predicted molar refractivity (Wildman–Crippen MR) is 66.0 cm³/mol. The average molecular weight is 250 g/mol. The van der Waals surface area contributed by atoms with E-state index in [1.807, 2.05) is 0 Å². The molecule has 1 radical (unpaired) electrons. The maximum absolute atomic E-state index is 5.34. The van der Waals surface area contributed by atoms with E-state index in [0.717, 1.165) is 5.56 Å². The Balaban J connectivity index is 2.63. The third-order valence-corrected chi connectivity index (χ3v) is 2.86. The van der Waals surface area contributed by atoms with Crippen LogP contribution < -0.4 is 14.2 Å². The maximum atomic E-state index is 5.34. The first-order valence-electron chi connectivity index (χ1n) is 4.91. The zero-order chi connectivity index (χ0) is 12.3. The van der Waals surface area contributed by atoms with Crippen LogP contribution in [0.25, 0.3) is 11.3 Å². The van der Waals surface area contributed by atoms with Gasteiger partial charge in [0.05, 0.1) is 43.5 Å². The van der Waals surface area contributed by atoms with Crippen molar-refractivity contribution in [1.29, 1.82) is 0 Å². The lowest BCUT2D eigenvalue weighted by Gasteiger charge is -2.13. The van der Waals surface area contributed by atoms with Crippen LogP contribution in [0.5, 0.6) is 17.2 Å². The molecule has 0 aliphatic heterocycles. The summed E-state index contributed by atoms with van der Waals surface area (Å²) in [4.78, 5) is 4.22.